The number of hydrogen-bond donors (Lipinski definition) is 2. The molecule has 1 atom stereocenters. The largest absolute Gasteiger partial charge is 0.483 e. The summed E-state index contributed by atoms with van der Waals surface area (Å²) in [6.45, 7) is 6.64. The third-order valence-corrected chi connectivity index (χ3v) is 5.76. The standard InChI is InChI=1S/C23H26N4O4S/c1-4-16-9-11-19(12-10-16)31-15(3)21-25-26-23(27(21)5-2)32-14-20(28)24-18-8-6-7-17(13-18)22(29)30/h6-13,15H,4-5,14H2,1-3H3,(H,24,28)(H,29,30)/t15-/m0/s1. The summed E-state index contributed by atoms with van der Waals surface area (Å²) in [4.78, 5) is 23.4. The fourth-order valence-corrected chi connectivity index (χ4v) is 3.93. The van der Waals surface area contributed by atoms with Gasteiger partial charge in [0.05, 0.1) is 11.3 Å². The van der Waals surface area contributed by atoms with E-state index in [1.807, 2.05) is 42.7 Å². The molecule has 9 heteroatoms. The van der Waals surface area contributed by atoms with Crippen LogP contribution in [0, 0.1) is 0 Å². The van der Waals surface area contributed by atoms with Crippen molar-refractivity contribution < 1.29 is 19.4 Å². The summed E-state index contributed by atoms with van der Waals surface area (Å²) >= 11 is 1.26. The molecular weight excluding hydrogens is 428 g/mol. The summed E-state index contributed by atoms with van der Waals surface area (Å²) < 4.78 is 7.96. The number of nitrogens with one attached hydrogen (secondary N) is 1. The van der Waals surface area contributed by atoms with Gasteiger partial charge in [-0.2, -0.15) is 0 Å². The van der Waals surface area contributed by atoms with E-state index >= 15 is 0 Å². The molecule has 2 aromatic carbocycles. The van der Waals surface area contributed by atoms with E-state index in [0.29, 0.717) is 23.2 Å². The number of carbonyl (C=O) groups is 2. The van der Waals surface area contributed by atoms with Crippen LogP contribution in [0.15, 0.2) is 53.7 Å². The fourth-order valence-electron chi connectivity index (χ4n) is 3.12. The second-order valence-corrected chi connectivity index (χ2v) is 8.01. The van der Waals surface area contributed by atoms with Crippen LogP contribution in [0.2, 0.25) is 0 Å². The molecule has 0 aliphatic rings. The Morgan fingerprint density at radius 3 is 2.56 bits per heavy atom. The van der Waals surface area contributed by atoms with E-state index in [1.54, 1.807) is 12.1 Å². The summed E-state index contributed by atoms with van der Waals surface area (Å²) in [5.41, 5.74) is 1.79. The minimum Gasteiger partial charge on any atom is -0.483 e. The number of ether oxygens (including phenoxy) is 1. The predicted molar refractivity (Wildman–Crippen MR) is 123 cm³/mol. The van der Waals surface area contributed by atoms with E-state index in [0.717, 1.165) is 12.2 Å². The minimum atomic E-state index is -1.04. The van der Waals surface area contributed by atoms with Crippen LogP contribution >= 0.6 is 11.8 Å². The first-order valence-electron chi connectivity index (χ1n) is 10.4. The number of hydrogen-bond acceptors (Lipinski definition) is 6. The number of carbonyl (C=O) groups excluding carboxylic acids is 1. The lowest BCUT2D eigenvalue weighted by Gasteiger charge is -2.16. The molecule has 2 N–H and O–H groups in total. The van der Waals surface area contributed by atoms with Gasteiger partial charge in [-0.3, -0.25) is 4.79 Å². The maximum absolute atomic E-state index is 12.3. The normalized spacial score (nSPS) is 11.7. The second kappa shape index (κ2) is 10.8. The maximum atomic E-state index is 12.3. The number of rotatable bonds is 10. The highest BCUT2D eigenvalue weighted by atomic mass is 32.2. The van der Waals surface area contributed by atoms with E-state index < -0.39 is 5.97 Å². The highest BCUT2D eigenvalue weighted by Gasteiger charge is 2.19. The van der Waals surface area contributed by atoms with Gasteiger partial charge in [-0.25, -0.2) is 4.79 Å². The number of aromatic carboxylic acids is 1. The highest BCUT2D eigenvalue weighted by molar-refractivity contribution is 7.99. The van der Waals surface area contributed by atoms with E-state index in [2.05, 4.69) is 22.4 Å². The van der Waals surface area contributed by atoms with Crippen molar-refractivity contribution in [3.63, 3.8) is 0 Å². The predicted octanol–water partition coefficient (Wildman–Crippen LogP) is 4.43. The SMILES string of the molecule is CCc1ccc(O[C@@H](C)c2nnc(SCC(=O)Nc3cccc(C(=O)O)c3)n2CC)cc1. The minimum absolute atomic E-state index is 0.114. The first-order chi connectivity index (χ1) is 15.4. The van der Waals surface area contributed by atoms with Crippen LogP contribution in [0.3, 0.4) is 0 Å². The van der Waals surface area contributed by atoms with Crippen LogP contribution in [-0.4, -0.2) is 37.5 Å². The lowest BCUT2D eigenvalue weighted by molar-refractivity contribution is -0.113. The zero-order valence-electron chi connectivity index (χ0n) is 18.2. The van der Waals surface area contributed by atoms with Crippen molar-refractivity contribution >= 4 is 29.3 Å². The molecule has 0 spiro atoms. The number of benzene rings is 2. The summed E-state index contributed by atoms with van der Waals surface area (Å²) in [5, 5.41) is 20.9. The van der Waals surface area contributed by atoms with Gasteiger partial charge >= 0.3 is 5.97 Å². The van der Waals surface area contributed by atoms with Crippen molar-refractivity contribution in [1.82, 2.24) is 14.8 Å². The molecule has 1 heterocycles. The molecule has 0 aliphatic heterocycles. The van der Waals surface area contributed by atoms with Gasteiger partial charge in [-0.1, -0.05) is 36.9 Å². The lowest BCUT2D eigenvalue weighted by Crippen LogP contribution is -2.15. The Bertz CT molecular complexity index is 1080. The second-order valence-electron chi connectivity index (χ2n) is 7.07. The van der Waals surface area contributed by atoms with Gasteiger partial charge in [-0.05, 0) is 56.2 Å². The number of anilines is 1. The molecule has 168 valence electrons. The number of nitrogens with zero attached hydrogens (tertiary/aromatic N) is 3. The Morgan fingerprint density at radius 2 is 1.91 bits per heavy atom. The summed E-state index contributed by atoms with van der Waals surface area (Å²) in [6, 6.07) is 14.1. The van der Waals surface area contributed by atoms with Gasteiger partial charge in [-0.15, -0.1) is 10.2 Å². The third kappa shape index (κ3) is 5.88. The average molecular weight is 455 g/mol. The van der Waals surface area contributed by atoms with Crippen LogP contribution in [0.4, 0.5) is 5.69 Å². The van der Waals surface area contributed by atoms with E-state index in [1.165, 1.54) is 29.5 Å². The van der Waals surface area contributed by atoms with Crippen molar-refractivity contribution in [3.8, 4) is 5.75 Å². The molecule has 0 saturated carbocycles. The molecule has 32 heavy (non-hydrogen) atoms. The number of thioether (sulfide) groups is 1. The molecule has 1 aromatic heterocycles. The average Bonchev–Trinajstić information content (AvgIpc) is 3.21. The quantitative estimate of drug-likeness (QED) is 0.437. The Morgan fingerprint density at radius 1 is 1.16 bits per heavy atom. The van der Waals surface area contributed by atoms with E-state index in [4.69, 9.17) is 9.84 Å². The lowest BCUT2D eigenvalue weighted by atomic mass is 10.2. The molecule has 0 radical (unpaired) electrons. The molecule has 0 aliphatic carbocycles. The van der Waals surface area contributed by atoms with Gasteiger partial charge in [0.1, 0.15) is 5.75 Å². The van der Waals surface area contributed by atoms with Gasteiger partial charge in [0.25, 0.3) is 0 Å². The number of amides is 1. The van der Waals surface area contributed by atoms with Crippen LogP contribution < -0.4 is 10.1 Å². The first kappa shape index (κ1) is 23.3. The topological polar surface area (TPSA) is 106 Å². The molecule has 8 nitrogen and oxygen atoms in total. The van der Waals surface area contributed by atoms with Crippen LogP contribution in [-0.2, 0) is 17.8 Å². The monoisotopic (exact) mass is 454 g/mol. The van der Waals surface area contributed by atoms with Crippen molar-refractivity contribution in [2.24, 2.45) is 0 Å². The molecule has 0 unspecified atom stereocenters. The highest BCUT2D eigenvalue weighted by Crippen LogP contribution is 2.25. The Balaban J connectivity index is 1.62. The molecule has 3 aromatic rings. The van der Waals surface area contributed by atoms with Crippen molar-refractivity contribution in [3.05, 3.63) is 65.5 Å². The fraction of sp³-hybridized carbons (Fsp3) is 0.304. The number of carboxylic acids is 1. The van der Waals surface area contributed by atoms with Gasteiger partial charge in [0, 0.05) is 12.2 Å². The third-order valence-electron chi connectivity index (χ3n) is 4.80. The van der Waals surface area contributed by atoms with E-state index in [-0.39, 0.29) is 23.3 Å². The van der Waals surface area contributed by atoms with Crippen LogP contribution in [0.25, 0.3) is 0 Å². The maximum Gasteiger partial charge on any atom is 0.335 e. The van der Waals surface area contributed by atoms with Gasteiger partial charge < -0.3 is 19.7 Å². The molecule has 0 bridgehead atoms. The molecule has 0 saturated heterocycles. The van der Waals surface area contributed by atoms with Gasteiger partial charge in [0.15, 0.2) is 17.1 Å². The molecule has 3 rings (SSSR count). The van der Waals surface area contributed by atoms with Crippen LogP contribution in [0.1, 0.15) is 48.6 Å². The van der Waals surface area contributed by atoms with E-state index in [9.17, 15) is 9.59 Å². The van der Waals surface area contributed by atoms with Gasteiger partial charge in [0.2, 0.25) is 5.91 Å². The Hall–Kier alpha value is -3.33. The van der Waals surface area contributed by atoms with Crippen LogP contribution in [0.5, 0.6) is 5.75 Å². The molecular formula is C23H26N4O4S. The molecule has 0 fully saturated rings. The summed E-state index contributed by atoms with van der Waals surface area (Å²) in [7, 11) is 0. The number of carboxylic acid groups (broad SMARTS) is 1. The van der Waals surface area contributed by atoms with Crippen molar-refractivity contribution in [2.75, 3.05) is 11.1 Å². The molecule has 1 amide bonds. The van der Waals surface area contributed by atoms with Crippen molar-refractivity contribution in [2.45, 2.75) is 45.0 Å². The van der Waals surface area contributed by atoms with Crippen molar-refractivity contribution in [1.29, 1.82) is 0 Å². The zero-order valence-corrected chi connectivity index (χ0v) is 19.1. The number of aryl methyl sites for hydroxylation is 1. The summed E-state index contributed by atoms with van der Waals surface area (Å²) in [6.07, 6.45) is 0.663. The Labute approximate surface area is 191 Å². The smallest absolute Gasteiger partial charge is 0.335 e. The zero-order chi connectivity index (χ0) is 23.1. The Kier molecular flexibility index (Phi) is 7.88. The summed E-state index contributed by atoms with van der Waals surface area (Å²) in [5.74, 6) is 0.256. The number of aromatic nitrogens is 3. The first-order valence-corrected chi connectivity index (χ1v) is 11.3.